The molecule has 0 N–H and O–H groups in total. The molecule has 0 saturated heterocycles. The van der Waals surface area contributed by atoms with E-state index in [0.29, 0.717) is 0 Å². The maximum atomic E-state index is 15.1. The lowest BCUT2D eigenvalue weighted by Gasteiger charge is -2.29. The van der Waals surface area contributed by atoms with Gasteiger partial charge in [0.05, 0.1) is 5.56 Å². The molecule has 0 heterocycles. The quantitative estimate of drug-likeness (QED) is 0.128. The van der Waals surface area contributed by atoms with E-state index in [1.807, 2.05) is 6.07 Å². The van der Waals surface area contributed by atoms with Crippen molar-refractivity contribution < 1.29 is 40.2 Å². The van der Waals surface area contributed by atoms with E-state index in [-0.39, 0.29) is 22.8 Å². The Morgan fingerprint density at radius 2 is 1.49 bits per heavy atom. The van der Waals surface area contributed by atoms with Crippen molar-refractivity contribution in [1.29, 1.82) is 0 Å². The molecule has 0 aromatic heterocycles. The van der Waals surface area contributed by atoms with Gasteiger partial charge in [0.25, 0.3) is 0 Å². The van der Waals surface area contributed by atoms with Gasteiger partial charge < -0.3 is 9.47 Å². The van der Waals surface area contributed by atoms with Crippen molar-refractivity contribution in [2.24, 2.45) is 5.92 Å². The highest BCUT2D eigenvalue weighted by Crippen LogP contribution is 2.40. The minimum atomic E-state index is -4.13. The summed E-state index contributed by atoms with van der Waals surface area (Å²) in [5, 5.41) is 0. The van der Waals surface area contributed by atoms with Crippen LogP contribution in [0.15, 0.2) is 72.8 Å². The predicted octanol–water partition coefficient (Wildman–Crippen LogP) is 11.0. The summed E-state index contributed by atoms with van der Waals surface area (Å²) in [7, 11) is 0. The van der Waals surface area contributed by atoms with Gasteiger partial charge in [-0.3, -0.25) is 0 Å². The van der Waals surface area contributed by atoms with Crippen molar-refractivity contribution in [3.8, 4) is 22.6 Å². The summed E-state index contributed by atoms with van der Waals surface area (Å²) in [6, 6.07) is 9.24. The largest absolute Gasteiger partial charge is 0.429 e. The van der Waals surface area contributed by atoms with Gasteiger partial charge in [0, 0.05) is 5.56 Å². The van der Waals surface area contributed by atoms with Crippen molar-refractivity contribution in [2.45, 2.75) is 70.3 Å². The van der Waals surface area contributed by atoms with E-state index in [4.69, 9.17) is 0 Å². The Hall–Kier alpha value is -3.49. The molecule has 0 atom stereocenters. The Labute approximate surface area is 234 Å². The van der Waals surface area contributed by atoms with Crippen molar-refractivity contribution in [2.75, 3.05) is 0 Å². The lowest BCUT2D eigenvalue weighted by Crippen LogP contribution is -2.23. The van der Waals surface area contributed by atoms with E-state index in [9.17, 15) is 26.3 Å². The Morgan fingerprint density at radius 1 is 0.805 bits per heavy atom. The normalized spacial score (nSPS) is 17.3. The van der Waals surface area contributed by atoms with Gasteiger partial charge in [-0.15, -0.1) is 0 Å². The number of rotatable bonds is 11. The molecule has 0 aliphatic heterocycles. The lowest BCUT2D eigenvalue weighted by molar-refractivity contribution is -0.187. The second kappa shape index (κ2) is 13.4. The standard InChI is InChI=1S/C32H31F7O2/c1-2-3-4-5-20-6-8-21(9-7-20)22-10-16-26(28(33)18-22)23-11-17-27(29(34)19-23)32(38,39)41-25-14-12-24(13-15-25)40-31(37)30(35)36/h10-21H,2-9H2,1H3. The van der Waals surface area contributed by atoms with Gasteiger partial charge >= 0.3 is 18.2 Å². The zero-order valence-electron chi connectivity index (χ0n) is 22.5. The minimum absolute atomic E-state index is 0.0956. The van der Waals surface area contributed by atoms with Gasteiger partial charge in [-0.25, -0.2) is 8.78 Å². The molecule has 41 heavy (non-hydrogen) atoms. The van der Waals surface area contributed by atoms with Crippen LogP contribution in [0.4, 0.5) is 30.7 Å². The molecule has 1 aliphatic rings. The smallest absolute Gasteiger partial charge is 0.429 e. The van der Waals surface area contributed by atoms with E-state index in [0.717, 1.165) is 73.6 Å². The van der Waals surface area contributed by atoms with Crippen LogP contribution in [0.1, 0.15) is 75.3 Å². The third-order valence-electron chi connectivity index (χ3n) is 7.55. The lowest BCUT2D eigenvalue weighted by atomic mass is 9.77. The van der Waals surface area contributed by atoms with Crippen LogP contribution in [0, 0.1) is 17.6 Å². The van der Waals surface area contributed by atoms with Crippen LogP contribution in [0.2, 0.25) is 0 Å². The SMILES string of the molecule is CCCCCC1CCC(c2ccc(-c3ccc(C(F)(F)Oc4ccc(OC(F)=C(F)F)cc4)c(F)c3)c(F)c2)CC1. The van der Waals surface area contributed by atoms with Crippen LogP contribution < -0.4 is 9.47 Å². The summed E-state index contributed by atoms with van der Waals surface area (Å²) in [5.74, 6) is -1.71. The molecule has 3 aromatic carbocycles. The van der Waals surface area contributed by atoms with Crippen LogP contribution in [0.5, 0.6) is 11.5 Å². The van der Waals surface area contributed by atoms with Crippen LogP contribution in [0.25, 0.3) is 11.1 Å². The predicted molar refractivity (Wildman–Crippen MR) is 143 cm³/mol. The van der Waals surface area contributed by atoms with Crippen LogP contribution in [0.3, 0.4) is 0 Å². The molecular weight excluding hydrogens is 549 g/mol. The van der Waals surface area contributed by atoms with Gasteiger partial charge in [-0.05, 0) is 91.1 Å². The fraction of sp³-hybridized carbons (Fsp3) is 0.375. The van der Waals surface area contributed by atoms with Gasteiger partial charge in [0.15, 0.2) is 0 Å². The molecule has 0 bridgehead atoms. The number of hydrogen-bond acceptors (Lipinski definition) is 2. The Balaban J connectivity index is 1.42. The third kappa shape index (κ3) is 7.83. The summed E-state index contributed by atoms with van der Waals surface area (Å²) in [6.45, 7) is 2.19. The average Bonchev–Trinajstić information content (AvgIpc) is 2.94. The summed E-state index contributed by atoms with van der Waals surface area (Å²) in [4.78, 5) is 0. The van der Waals surface area contributed by atoms with Crippen LogP contribution in [-0.4, -0.2) is 0 Å². The first-order valence-corrected chi connectivity index (χ1v) is 13.7. The van der Waals surface area contributed by atoms with E-state index in [1.165, 1.54) is 37.8 Å². The number of hydrogen-bond donors (Lipinski definition) is 0. The third-order valence-corrected chi connectivity index (χ3v) is 7.55. The number of benzene rings is 3. The highest BCUT2D eigenvalue weighted by atomic mass is 19.3. The number of halogens is 7. The number of unbranched alkanes of at least 4 members (excludes halogenated alkanes) is 2. The molecule has 1 fully saturated rings. The fourth-order valence-electron chi connectivity index (χ4n) is 5.33. The Bertz CT molecular complexity index is 1340. The second-order valence-corrected chi connectivity index (χ2v) is 10.4. The molecule has 1 aliphatic carbocycles. The van der Waals surface area contributed by atoms with Crippen LogP contribution >= 0.6 is 0 Å². The molecule has 4 rings (SSSR count). The maximum absolute atomic E-state index is 15.1. The van der Waals surface area contributed by atoms with Gasteiger partial charge in [-0.1, -0.05) is 50.8 Å². The molecule has 1 saturated carbocycles. The number of alkyl halides is 2. The monoisotopic (exact) mass is 580 g/mol. The van der Waals surface area contributed by atoms with E-state index < -0.39 is 41.1 Å². The topological polar surface area (TPSA) is 18.5 Å². The first-order chi connectivity index (χ1) is 19.6. The first-order valence-electron chi connectivity index (χ1n) is 13.7. The zero-order valence-corrected chi connectivity index (χ0v) is 22.5. The Kier molecular flexibility index (Phi) is 9.99. The molecule has 0 amide bonds. The number of ether oxygens (including phenoxy) is 2. The first kappa shape index (κ1) is 30.5. The molecule has 2 nitrogen and oxygen atoms in total. The van der Waals surface area contributed by atoms with Crippen molar-refractivity contribution >= 4 is 0 Å². The summed E-state index contributed by atoms with van der Waals surface area (Å²) >= 11 is 0. The van der Waals surface area contributed by atoms with Gasteiger partial charge in [0.1, 0.15) is 23.1 Å². The van der Waals surface area contributed by atoms with E-state index in [2.05, 4.69) is 16.4 Å². The summed E-state index contributed by atoms with van der Waals surface area (Å²) in [5.41, 5.74) is 0.00348. The molecular formula is C32H31F7O2. The molecule has 0 radical (unpaired) electrons. The highest BCUT2D eigenvalue weighted by Gasteiger charge is 2.38. The maximum Gasteiger partial charge on any atom is 0.429 e. The fourth-order valence-corrected chi connectivity index (χ4v) is 5.33. The van der Waals surface area contributed by atoms with Crippen LogP contribution in [-0.2, 0) is 6.11 Å². The molecule has 220 valence electrons. The Morgan fingerprint density at radius 3 is 2.10 bits per heavy atom. The van der Waals surface area contributed by atoms with Crippen molar-refractivity contribution in [1.82, 2.24) is 0 Å². The minimum Gasteiger partial charge on any atom is -0.429 e. The molecule has 3 aromatic rings. The van der Waals surface area contributed by atoms with Gasteiger partial charge in [0.2, 0.25) is 0 Å². The van der Waals surface area contributed by atoms with Crippen molar-refractivity contribution in [3.05, 3.63) is 95.5 Å². The summed E-state index contributed by atoms with van der Waals surface area (Å²) in [6.07, 6.45) is 2.36. The zero-order chi connectivity index (χ0) is 29.6. The van der Waals surface area contributed by atoms with E-state index >= 15 is 4.39 Å². The van der Waals surface area contributed by atoms with Crippen molar-refractivity contribution in [3.63, 3.8) is 0 Å². The molecule has 0 unspecified atom stereocenters. The molecule has 9 heteroatoms. The highest BCUT2D eigenvalue weighted by molar-refractivity contribution is 5.65. The van der Waals surface area contributed by atoms with Gasteiger partial charge in [-0.2, -0.15) is 22.0 Å². The molecule has 0 spiro atoms. The summed E-state index contributed by atoms with van der Waals surface area (Å²) < 4.78 is 106. The van der Waals surface area contributed by atoms with E-state index in [1.54, 1.807) is 6.07 Å². The average molecular weight is 581 g/mol. The second-order valence-electron chi connectivity index (χ2n) is 10.4.